The normalized spacial score (nSPS) is 17.4. The summed E-state index contributed by atoms with van der Waals surface area (Å²) in [5.41, 5.74) is 1.55. The van der Waals surface area contributed by atoms with Gasteiger partial charge in [-0.3, -0.25) is 4.90 Å². The van der Waals surface area contributed by atoms with Gasteiger partial charge in [0.05, 0.1) is 11.1 Å². The van der Waals surface area contributed by atoms with Gasteiger partial charge in [-0.1, -0.05) is 25.1 Å². The molecule has 4 nitrogen and oxygen atoms in total. The van der Waals surface area contributed by atoms with Gasteiger partial charge in [-0.05, 0) is 56.3 Å². The van der Waals surface area contributed by atoms with E-state index in [2.05, 4.69) is 47.1 Å². The highest BCUT2D eigenvalue weighted by Gasteiger charge is 2.26. The van der Waals surface area contributed by atoms with E-state index in [0.717, 1.165) is 37.8 Å². The fourth-order valence-electron chi connectivity index (χ4n) is 4.64. The van der Waals surface area contributed by atoms with E-state index >= 15 is 0 Å². The second-order valence-corrected chi connectivity index (χ2v) is 10.4. The number of benzene rings is 1. The standard InChI is InChI=1S/C24H30N4S2/c1-2-12-27-13-15-28(16-14-27)23-22-19-10-6-7-11-20(19)30-24(22)26-21(25-23)17-29-18-8-4-3-5-9-18/h3-5,8-9H,2,6-7,10-17H2,1H3. The molecule has 0 saturated carbocycles. The molecular formula is C24H30N4S2. The zero-order valence-corrected chi connectivity index (χ0v) is 19.4. The number of aromatic nitrogens is 2. The van der Waals surface area contributed by atoms with Crippen LogP contribution in [0, 0.1) is 0 Å². The second-order valence-electron chi connectivity index (χ2n) is 8.28. The lowest BCUT2D eigenvalue weighted by Crippen LogP contribution is -2.47. The summed E-state index contributed by atoms with van der Waals surface area (Å²) in [5, 5.41) is 1.37. The third-order valence-corrected chi connectivity index (χ3v) is 8.36. The molecule has 0 bridgehead atoms. The molecule has 2 aliphatic rings. The summed E-state index contributed by atoms with van der Waals surface area (Å²) < 4.78 is 0. The minimum atomic E-state index is 0.825. The number of thioether (sulfide) groups is 1. The topological polar surface area (TPSA) is 32.3 Å². The first-order chi connectivity index (χ1) is 14.8. The molecule has 5 rings (SSSR count). The van der Waals surface area contributed by atoms with E-state index in [1.807, 2.05) is 23.1 Å². The summed E-state index contributed by atoms with van der Waals surface area (Å²) in [6.45, 7) is 7.90. The van der Waals surface area contributed by atoms with Gasteiger partial charge in [-0.2, -0.15) is 0 Å². The van der Waals surface area contributed by atoms with Crippen molar-refractivity contribution in [2.45, 2.75) is 49.7 Å². The molecule has 158 valence electrons. The van der Waals surface area contributed by atoms with Gasteiger partial charge in [0.15, 0.2) is 0 Å². The van der Waals surface area contributed by atoms with Crippen molar-refractivity contribution >= 4 is 39.1 Å². The Morgan fingerprint density at radius 1 is 1.00 bits per heavy atom. The quantitative estimate of drug-likeness (QED) is 0.482. The first-order valence-corrected chi connectivity index (χ1v) is 13.1. The third-order valence-electron chi connectivity index (χ3n) is 6.16. The molecule has 0 atom stereocenters. The summed E-state index contributed by atoms with van der Waals surface area (Å²) >= 11 is 3.76. The molecular weight excluding hydrogens is 408 g/mol. The maximum absolute atomic E-state index is 5.17. The van der Waals surface area contributed by atoms with Crippen LogP contribution in [0.3, 0.4) is 0 Å². The Labute approximate surface area is 187 Å². The van der Waals surface area contributed by atoms with Crippen LogP contribution in [0.4, 0.5) is 5.82 Å². The largest absolute Gasteiger partial charge is 0.353 e. The van der Waals surface area contributed by atoms with Crippen molar-refractivity contribution < 1.29 is 0 Å². The Bertz CT molecular complexity index is 993. The molecule has 2 aromatic heterocycles. The van der Waals surface area contributed by atoms with Gasteiger partial charge in [-0.15, -0.1) is 23.1 Å². The van der Waals surface area contributed by atoms with Crippen LogP contribution < -0.4 is 4.90 Å². The van der Waals surface area contributed by atoms with Crippen LogP contribution in [0.15, 0.2) is 35.2 Å². The van der Waals surface area contributed by atoms with Crippen LogP contribution in [0.25, 0.3) is 10.2 Å². The Morgan fingerprint density at radius 2 is 1.80 bits per heavy atom. The first-order valence-electron chi connectivity index (χ1n) is 11.3. The van der Waals surface area contributed by atoms with Crippen molar-refractivity contribution in [2.75, 3.05) is 37.6 Å². The molecule has 0 spiro atoms. The number of piperazine rings is 1. The van der Waals surface area contributed by atoms with Crippen LogP contribution in [0.5, 0.6) is 0 Å². The van der Waals surface area contributed by atoms with Crippen molar-refractivity contribution in [3.05, 3.63) is 46.6 Å². The van der Waals surface area contributed by atoms with Crippen molar-refractivity contribution in [3.8, 4) is 0 Å². The van der Waals surface area contributed by atoms with Gasteiger partial charge in [0.25, 0.3) is 0 Å². The van der Waals surface area contributed by atoms with Crippen molar-refractivity contribution in [2.24, 2.45) is 0 Å². The molecule has 0 radical (unpaired) electrons. The summed E-state index contributed by atoms with van der Waals surface area (Å²) in [7, 11) is 0. The van der Waals surface area contributed by atoms with Crippen molar-refractivity contribution in [1.29, 1.82) is 0 Å². The molecule has 0 unspecified atom stereocenters. The molecule has 0 amide bonds. The molecule has 1 aliphatic heterocycles. The Morgan fingerprint density at radius 3 is 2.60 bits per heavy atom. The van der Waals surface area contributed by atoms with E-state index in [-0.39, 0.29) is 0 Å². The van der Waals surface area contributed by atoms with Gasteiger partial charge >= 0.3 is 0 Å². The highest BCUT2D eigenvalue weighted by atomic mass is 32.2. The lowest BCUT2D eigenvalue weighted by atomic mass is 9.97. The fraction of sp³-hybridized carbons (Fsp3) is 0.500. The van der Waals surface area contributed by atoms with Gasteiger partial charge in [0.1, 0.15) is 16.5 Å². The van der Waals surface area contributed by atoms with E-state index < -0.39 is 0 Å². The number of rotatable bonds is 6. The van der Waals surface area contributed by atoms with Gasteiger partial charge in [-0.25, -0.2) is 9.97 Å². The van der Waals surface area contributed by atoms with E-state index in [9.17, 15) is 0 Å². The van der Waals surface area contributed by atoms with Crippen LogP contribution in [0.2, 0.25) is 0 Å². The number of thiophene rings is 1. The van der Waals surface area contributed by atoms with Crippen LogP contribution >= 0.6 is 23.1 Å². The van der Waals surface area contributed by atoms with E-state index in [1.54, 1.807) is 10.4 Å². The Balaban J connectivity index is 1.47. The van der Waals surface area contributed by atoms with Gasteiger partial charge < -0.3 is 4.90 Å². The lowest BCUT2D eigenvalue weighted by molar-refractivity contribution is 0.258. The summed E-state index contributed by atoms with van der Waals surface area (Å²) in [6.07, 6.45) is 6.26. The second kappa shape index (κ2) is 9.25. The van der Waals surface area contributed by atoms with E-state index in [1.165, 1.54) is 59.6 Å². The lowest BCUT2D eigenvalue weighted by Gasteiger charge is -2.35. The molecule has 6 heteroatoms. The number of hydrogen-bond acceptors (Lipinski definition) is 6. The zero-order chi connectivity index (χ0) is 20.3. The number of aryl methyl sites for hydroxylation is 2. The maximum Gasteiger partial charge on any atom is 0.142 e. The zero-order valence-electron chi connectivity index (χ0n) is 17.8. The molecule has 3 heterocycles. The summed E-state index contributed by atoms with van der Waals surface area (Å²) in [4.78, 5) is 19.4. The minimum Gasteiger partial charge on any atom is -0.353 e. The highest BCUT2D eigenvalue weighted by Crippen LogP contribution is 2.40. The Kier molecular flexibility index (Phi) is 6.25. The Hall–Kier alpha value is -1.63. The molecule has 1 aromatic carbocycles. The summed E-state index contributed by atoms with van der Waals surface area (Å²) in [5.74, 6) is 3.01. The first kappa shape index (κ1) is 20.3. The number of hydrogen-bond donors (Lipinski definition) is 0. The van der Waals surface area contributed by atoms with Crippen molar-refractivity contribution in [3.63, 3.8) is 0 Å². The summed E-state index contributed by atoms with van der Waals surface area (Å²) in [6, 6.07) is 10.6. The fourth-order valence-corrected chi connectivity index (χ4v) is 6.69. The predicted octanol–water partition coefficient (Wildman–Crippen LogP) is 5.39. The monoisotopic (exact) mass is 438 g/mol. The molecule has 3 aromatic rings. The van der Waals surface area contributed by atoms with Crippen LogP contribution in [0.1, 0.15) is 42.5 Å². The van der Waals surface area contributed by atoms with Gasteiger partial charge in [0, 0.05) is 36.0 Å². The molecule has 1 saturated heterocycles. The maximum atomic E-state index is 5.17. The SMILES string of the molecule is CCCN1CCN(c2nc(CSc3ccccc3)nc3sc4c(c23)CCCC4)CC1. The van der Waals surface area contributed by atoms with Crippen molar-refractivity contribution in [1.82, 2.24) is 14.9 Å². The third kappa shape index (κ3) is 4.23. The molecule has 1 fully saturated rings. The average molecular weight is 439 g/mol. The number of fused-ring (bicyclic) bond motifs is 3. The minimum absolute atomic E-state index is 0.825. The van der Waals surface area contributed by atoms with Crippen LogP contribution in [-0.2, 0) is 18.6 Å². The predicted molar refractivity (Wildman–Crippen MR) is 129 cm³/mol. The number of anilines is 1. The average Bonchev–Trinajstić information content (AvgIpc) is 3.17. The smallest absolute Gasteiger partial charge is 0.142 e. The highest BCUT2D eigenvalue weighted by molar-refractivity contribution is 7.98. The van der Waals surface area contributed by atoms with Crippen LogP contribution in [-0.4, -0.2) is 47.6 Å². The van der Waals surface area contributed by atoms with E-state index in [4.69, 9.17) is 9.97 Å². The van der Waals surface area contributed by atoms with E-state index in [0.29, 0.717) is 0 Å². The molecule has 0 N–H and O–H groups in total. The van der Waals surface area contributed by atoms with Gasteiger partial charge in [0.2, 0.25) is 0 Å². The molecule has 30 heavy (non-hydrogen) atoms. The molecule has 1 aliphatic carbocycles. The number of nitrogens with zero attached hydrogens (tertiary/aromatic N) is 4.